The van der Waals surface area contributed by atoms with Crippen LogP contribution in [0, 0.1) is 5.92 Å². The summed E-state index contributed by atoms with van der Waals surface area (Å²) in [5.41, 5.74) is 1.22. The summed E-state index contributed by atoms with van der Waals surface area (Å²) in [6.07, 6.45) is 2.56. The Balaban J connectivity index is 1.86. The van der Waals surface area contributed by atoms with Crippen LogP contribution in [0.3, 0.4) is 0 Å². The summed E-state index contributed by atoms with van der Waals surface area (Å²) in [5, 5.41) is 16.5. The molecule has 0 spiro atoms. The zero-order valence-electron chi connectivity index (χ0n) is 12.8. The van der Waals surface area contributed by atoms with Crippen molar-refractivity contribution < 1.29 is 5.11 Å². The van der Waals surface area contributed by atoms with Gasteiger partial charge in [-0.1, -0.05) is 19.9 Å². The number of nitrogens with zero attached hydrogens (tertiary/aromatic N) is 2. The number of pyridine rings is 1. The molecule has 0 aliphatic rings. The van der Waals surface area contributed by atoms with Crippen LogP contribution in [0.4, 0.5) is 0 Å². The minimum absolute atomic E-state index is 0.483. The second-order valence-electron chi connectivity index (χ2n) is 6.06. The lowest BCUT2D eigenvalue weighted by Gasteiger charge is -2.25. The van der Waals surface area contributed by atoms with Gasteiger partial charge in [0.1, 0.15) is 5.01 Å². The number of rotatable bonds is 7. The summed E-state index contributed by atoms with van der Waals surface area (Å²) >= 11 is 1.60. The highest BCUT2D eigenvalue weighted by atomic mass is 32.1. The molecule has 1 atom stereocenters. The van der Waals surface area contributed by atoms with Crippen LogP contribution in [0.5, 0.6) is 0 Å². The van der Waals surface area contributed by atoms with Gasteiger partial charge in [0, 0.05) is 24.7 Å². The zero-order chi connectivity index (χ0) is 15.3. The van der Waals surface area contributed by atoms with Crippen molar-refractivity contribution in [2.75, 3.05) is 6.54 Å². The molecule has 0 saturated carbocycles. The number of aliphatic hydroxyl groups is 1. The highest BCUT2D eigenvalue weighted by molar-refractivity contribution is 7.13. The second kappa shape index (κ2) is 7.11. The van der Waals surface area contributed by atoms with Gasteiger partial charge >= 0.3 is 0 Å². The molecular weight excluding hydrogens is 282 g/mol. The van der Waals surface area contributed by atoms with Gasteiger partial charge in [0.25, 0.3) is 0 Å². The van der Waals surface area contributed by atoms with Gasteiger partial charge in [0.2, 0.25) is 0 Å². The molecule has 2 aromatic rings. The molecule has 0 bridgehead atoms. The summed E-state index contributed by atoms with van der Waals surface area (Å²) in [5.74, 6) is 0.483. The Morgan fingerprint density at radius 2 is 2.19 bits per heavy atom. The summed E-state index contributed by atoms with van der Waals surface area (Å²) in [4.78, 5) is 8.87. The van der Waals surface area contributed by atoms with Crippen LogP contribution in [0.2, 0.25) is 0 Å². The highest BCUT2D eigenvalue weighted by Gasteiger charge is 2.21. The SMILES string of the molecule is CC(C)CC(C)(O)CNCc1csc(-c2ccccn2)n1. The predicted octanol–water partition coefficient (Wildman–Crippen LogP) is 3.09. The monoisotopic (exact) mass is 305 g/mol. The molecule has 2 heterocycles. The van der Waals surface area contributed by atoms with Crippen molar-refractivity contribution in [1.82, 2.24) is 15.3 Å². The fourth-order valence-electron chi connectivity index (χ4n) is 2.41. The summed E-state index contributed by atoms with van der Waals surface area (Å²) < 4.78 is 0. The van der Waals surface area contributed by atoms with Crippen LogP contribution in [0.1, 0.15) is 32.9 Å². The van der Waals surface area contributed by atoms with Crippen molar-refractivity contribution in [2.45, 2.75) is 39.3 Å². The molecule has 0 fully saturated rings. The van der Waals surface area contributed by atoms with Gasteiger partial charge < -0.3 is 10.4 Å². The Morgan fingerprint density at radius 1 is 1.38 bits per heavy atom. The molecule has 2 N–H and O–H groups in total. The first-order valence-corrected chi connectivity index (χ1v) is 8.13. The number of nitrogens with one attached hydrogen (secondary N) is 1. The smallest absolute Gasteiger partial charge is 0.142 e. The summed E-state index contributed by atoms with van der Waals surface area (Å²) in [6.45, 7) is 7.35. The van der Waals surface area contributed by atoms with Crippen molar-refractivity contribution >= 4 is 11.3 Å². The predicted molar refractivity (Wildman–Crippen MR) is 87.1 cm³/mol. The maximum atomic E-state index is 10.3. The average molecular weight is 305 g/mol. The van der Waals surface area contributed by atoms with E-state index in [0.717, 1.165) is 22.8 Å². The number of thiazole rings is 1. The number of hydrogen-bond donors (Lipinski definition) is 2. The molecular formula is C16H23N3OS. The van der Waals surface area contributed by atoms with Crippen molar-refractivity contribution in [3.8, 4) is 10.7 Å². The summed E-state index contributed by atoms with van der Waals surface area (Å²) in [7, 11) is 0. The third-order valence-corrected chi connectivity index (χ3v) is 4.01. The van der Waals surface area contributed by atoms with E-state index in [0.29, 0.717) is 19.0 Å². The van der Waals surface area contributed by atoms with Gasteiger partial charge in [0.15, 0.2) is 0 Å². The van der Waals surface area contributed by atoms with E-state index in [1.807, 2.05) is 30.5 Å². The van der Waals surface area contributed by atoms with Crippen LogP contribution >= 0.6 is 11.3 Å². The molecule has 0 radical (unpaired) electrons. The van der Waals surface area contributed by atoms with Gasteiger partial charge in [-0.25, -0.2) is 4.98 Å². The lowest BCUT2D eigenvalue weighted by atomic mass is 9.94. The van der Waals surface area contributed by atoms with Crippen molar-refractivity contribution in [3.63, 3.8) is 0 Å². The van der Waals surface area contributed by atoms with E-state index in [1.54, 1.807) is 17.5 Å². The fourth-order valence-corrected chi connectivity index (χ4v) is 3.20. The highest BCUT2D eigenvalue weighted by Crippen LogP contribution is 2.21. The van der Waals surface area contributed by atoms with E-state index in [2.05, 4.69) is 29.1 Å². The van der Waals surface area contributed by atoms with Crippen LogP contribution in [0.25, 0.3) is 10.7 Å². The van der Waals surface area contributed by atoms with E-state index >= 15 is 0 Å². The normalized spacial score (nSPS) is 14.3. The molecule has 4 nitrogen and oxygen atoms in total. The third kappa shape index (κ3) is 5.19. The van der Waals surface area contributed by atoms with Gasteiger partial charge in [0.05, 0.1) is 17.0 Å². The zero-order valence-corrected chi connectivity index (χ0v) is 13.7. The largest absolute Gasteiger partial charge is 0.389 e. The molecule has 114 valence electrons. The molecule has 0 aliphatic heterocycles. The van der Waals surface area contributed by atoms with Crippen LogP contribution in [-0.4, -0.2) is 27.2 Å². The van der Waals surface area contributed by atoms with E-state index in [4.69, 9.17) is 0 Å². The maximum absolute atomic E-state index is 10.3. The van der Waals surface area contributed by atoms with Gasteiger partial charge in [-0.15, -0.1) is 11.3 Å². The molecule has 1 unspecified atom stereocenters. The van der Waals surface area contributed by atoms with Crippen molar-refractivity contribution in [1.29, 1.82) is 0 Å². The first-order valence-electron chi connectivity index (χ1n) is 7.25. The Hall–Kier alpha value is -1.30. The molecule has 5 heteroatoms. The quantitative estimate of drug-likeness (QED) is 0.825. The van der Waals surface area contributed by atoms with Crippen LogP contribution in [-0.2, 0) is 6.54 Å². The standard InChI is InChI=1S/C16H23N3OS/c1-12(2)8-16(3,20)11-17-9-13-10-21-15(19-13)14-6-4-5-7-18-14/h4-7,10,12,17,20H,8-9,11H2,1-3H3. The molecule has 0 aromatic carbocycles. The summed E-state index contributed by atoms with van der Waals surface area (Å²) in [6, 6.07) is 5.82. The topological polar surface area (TPSA) is 58.0 Å². The average Bonchev–Trinajstić information content (AvgIpc) is 2.87. The van der Waals surface area contributed by atoms with Gasteiger partial charge in [-0.3, -0.25) is 4.98 Å². The first-order chi connectivity index (χ1) is 9.96. The second-order valence-corrected chi connectivity index (χ2v) is 6.92. The van der Waals surface area contributed by atoms with Crippen molar-refractivity contribution in [3.05, 3.63) is 35.5 Å². The number of aromatic nitrogens is 2. The third-order valence-electron chi connectivity index (χ3n) is 3.10. The van der Waals surface area contributed by atoms with E-state index in [1.165, 1.54) is 0 Å². The number of hydrogen-bond acceptors (Lipinski definition) is 5. The molecule has 2 aromatic heterocycles. The van der Waals surface area contributed by atoms with Crippen molar-refractivity contribution in [2.24, 2.45) is 5.92 Å². The van der Waals surface area contributed by atoms with E-state index in [-0.39, 0.29) is 0 Å². The minimum atomic E-state index is -0.673. The molecule has 0 aliphatic carbocycles. The molecule has 21 heavy (non-hydrogen) atoms. The molecule has 2 rings (SSSR count). The fraction of sp³-hybridized carbons (Fsp3) is 0.500. The Labute approximate surface area is 130 Å². The maximum Gasteiger partial charge on any atom is 0.142 e. The van der Waals surface area contributed by atoms with Gasteiger partial charge in [-0.05, 0) is 31.4 Å². The lowest BCUT2D eigenvalue weighted by Crippen LogP contribution is -2.38. The van der Waals surface area contributed by atoms with Gasteiger partial charge in [-0.2, -0.15) is 0 Å². The molecule has 0 amide bonds. The van der Waals surface area contributed by atoms with Crippen LogP contribution < -0.4 is 5.32 Å². The Bertz CT molecular complexity index is 552. The Morgan fingerprint density at radius 3 is 2.86 bits per heavy atom. The van der Waals surface area contributed by atoms with Crippen LogP contribution in [0.15, 0.2) is 29.8 Å². The van der Waals surface area contributed by atoms with E-state index < -0.39 is 5.60 Å². The first kappa shape index (κ1) is 16.1. The lowest BCUT2D eigenvalue weighted by molar-refractivity contribution is 0.0383. The molecule has 0 saturated heterocycles. The van der Waals surface area contributed by atoms with E-state index in [9.17, 15) is 5.11 Å². The minimum Gasteiger partial charge on any atom is -0.389 e. The Kier molecular flexibility index (Phi) is 5.45.